The van der Waals surface area contributed by atoms with Crippen molar-refractivity contribution in [1.82, 2.24) is 4.90 Å². The fourth-order valence-corrected chi connectivity index (χ4v) is 1.92. The van der Waals surface area contributed by atoms with Crippen LogP contribution in [-0.4, -0.2) is 35.2 Å². The highest BCUT2D eigenvalue weighted by molar-refractivity contribution is 5.85. The fraction of sp³-hybridized carbons (Fsp3) is 0.750. The van der Waals surface area contributed by atoms with Crippen LogP contribution in [0.3, 0.4) is 0 Å². The van der Waals surface area contributed by atoms with E-state index >= 15 is 0 Å². The van der Waals surface area contributed by atoms with Crippen LogP contribution in [0.25, 0.3) is 0 Å². The Kier molecular flexibility index (Phi) is 2.58. The lowest BCUT2D eigenvalue weighted by Gasteiger charge is -2.34. The van der Waals surface area contributed by atoms with E-state index in [-0.39, 0.29) is 18.5 Å². The van der Waals surface area contributed by atoms with Gasteiger partial charge in [0.25, 0.3) is 0 Å². The maximum absolute atomic E-state index is 9.34. The molecule has 1 N–H and O–H groups in total. The summed E-state index contributed by atoms with van der Waals surface area (Å²) in [5.74, 6) is 0. The Bertz CT molecular complexity index is 155. The monoisotopic (exact) mass is 175 g/mol. The average molecular weight is 176 g/mol. The first kappa shape index (κ1) is 9.04. The SMILES string of the molecule is CN1C2C=CC1CC(O)C2.Cl. The van der Waals surface area contributed by atoms with Crippen LogP contribution >= 0.6 is 12.4 Å². The standard InChI is InChI=1S/C8H13NO.ClH/c1-9-6-2-3-7(9)5-8(10)4-6;/h2-3,6-8,10H,4-5H2,1H3;1H. The first-order valence-corrected chi connectivity index (χ1v) is 3.85. The van der Waals surface area contributed by atoms with Crippen LogP contribution < -0.4 is 0 Å². The zero-order valence-electron chi connectivity index (χ0n) is 6.60. The predicted octanol–water partition coefficient (Wildman–Crippen LogP) is 0.802. The Morgan fingerprint density at radius 3 is 2.18 bits per heavy atom. The van der Waals surface area contributed by atoms with E-state index < -0.39 is 0 Å². The van der Waals surface area contributed by atoms with E-state index in [1.165, 1.54) is 0 Å². The van der Waals surface area contributed by atoms with Gasteiger partial charge in [-0.1, -0.05) is 12.2 Å². The molecule has 2 aliphatic rings. The number of halogens is 1. The summed E-state index contributed by atoms with van der Waals surface area (Å²) in [5, 5.41) is 9.34. The molecule has 2 bridgehead atoms. The molecule has 1 fully saturated rings. The van der Waals surface area contributed by atoms with Gasteiger partial charge in [-0.05, 0) is 19.9 Å². The van der Waals surface area contributed by atoms with Gasteiger partial charge in [0.2, 0.25) is 0 Å². The molecule has 0 aromatic heterocycles. The molecule has 2 unspecified atom stereocenters. The topological polar surface area (TPSA) is 23.5 Å². The lowest BCUT2D eigenvalue weighted by atomic mass is 10.00. The molecule has 0 aliphatic carbocycles. The number of aliphatic hydroxyl groups is 1. The molecule has 2 atom stereocenters. The lowest BCUT2D eigenvalue weighted by molar-refractivity contribution is 0.0586. The first-order chi connectivity index (χ1) is 4.77. The third kappa shape index (κ3) is 1.43. The van der Waals surface area contributed by atoms with E-state index in [1.54, 1.807) is 0 Å². The Hall–Kier alpha value is -0.0500. The minimum Gasteiger partial charge on any atom is -0.393 e. The van der Waals surface area contributed by atoms with Gasteiger partial charge in [-0.3, -0.25) is 4.90 Å². The number of hydrogen-bond acceptors (Lipinski definition) is 2. The maximum Gasteiger partial charge on any atom is 0.0576 e. The van der Waals surface area contributed by atoms with Crippen molar-refractivity contribution in [2.24, 2.45) is 0 Å². The third-order valence-corrected chi connectivity index (χ3v) is 2.63. The van der Waals surface area contributed by atoms with Gasteiger partial charge < -0.3 is 5.11 Å². The molecular formula is C8H14ClNO. The molecule has 0 saturated carbocycles. The second-order valence-corrected chi connectivity index (χ2v) is 3.31. The summed E-state index contributed by atoms with van der Waals surface area (Å²) in [6, 6.07) is 1.02. The summed E-state index contributed by atoms with van der Waals surface area (Å²) >= 11 is 0. The van der Waals surface area contributed by atoms with Crippen molar-refractivity contribution in [2.45, 2.75) is 31.0 Å². The van der Waals surface area contributed by atoms with Crippen molar-refractivity contribution in [3.8, 4) is 0 Å². The average Bonchev–Trinajstić information content (AvgIpc) is 2.20. The highest BCUT2D eigenvalue weighted by Gasteiger charge is 2.33. The number of nitrogens with zero attached hydrogens (tertiary/aromatic N) is 1. The molecule has 0 aromatic carbocycles. The normalized spacial score (nSPS) is 42.2. The highest BCUT2D eigenvalue weighted by atomic mass is 35.5. The quantitative estimate of drug-likeness (QED) is 0.551. The minimum atomic E-state index is -0.0683. The smallest absolute Gasteiger partial charge is 0.0576 e. The molecule has 2 heterocycles. The lowest BCUT2D eigenvalue weighted by Crippen LogP contribution is -2.42. The van der Waals surface area contributed by atoms with Crippen LogP contribution in [-0.2, 0) is 0 Å². The molecule has 2 rings (SSSR count). The van der Waals surface area contributed by atoms with Gasteiger partial charge in [0.1, 0.15) is 0 Å². The molecule has 11 heavy (non-hydrogen) atoms. The van der Waals surface area contributed by atoms with Gasteiger partial charge in [-0.15, -0.1) is 12.4 Å². The predicted molar refractivity (Wildman–Crippen MR) is 47.0 cm³/mol. The number of piperidine rings is 1. The fourth-order valence-electron chi connectivity index (χ4n) is 1.92. The number of fused-ring (bicyclic) bond motifs is 2. The van der Waals surface area contributed by atoms with Crippen LogP contribution in [0.4, 0.5) is 0 Å². The first-order valence-electron chi connectivity index (χ1n) is 3.85. The Balaban J connectivity index is 0.000000605. The minimum absolute atomic E-state index is 0. The molecule has 0 spiro atoms. The van der Waals surface area contributed by atoms with Crippen LogP contribution in [0, 0.1) is 0 Å². The summed E-state index contributed by atoms with van der Waals surface area (Å²) in [6.45, 7) is 0. The number of hydrogen-bond donors (Lipinski definition) is 1. The van der Waals surface area contributed by atoms with Crippen LogP contribution in [0.1, 0.15) is 12.8 Å². The number of likely N-dealkylation sites (N-methyl/N-ethyl adjacent to an activating group) is 1. The third-order valence-electron chi connectivity index (χ3n) is 2.63. The molecule has 2 nitrogen and oxygen atoms in total. The van der Waals surface area contributed by atoms with E-state index in [1.807, 2.05) is 0 Å². The molecule has 0 radical (unpaired) electrons. The highest BCUT2D eigenvalue weighted by Crippen LogP contribution is 2.28. The van der Waals surface area contributed by atoms with Gasteiger partial charge in [0.15, 0.2) is 0 Å². The maximum atomic E-state index is 9.34. The van der Waals surface area contributed by atoms with Gasteiger partial charge in [-0.2, -0.15) is 0 Å². The second kappa shape index (κ2) is 3.13. The summed E-state index contributed by atoms with van der Waals surface area (Å²) in [7, 11) is 2.13. The van der Waals surface area contributed by atoms with Crippen molar-refractivity contribution in [3.05, 3.63) is 12.2 Å². The molecule has 3 heteroatoms. The van der Waals surface area contributed by atoms with Crippen LogP contribution in [0.5, 0.6) is 0 Å². The molecule has 1 saturated heterocycles. The van der Waals surface area contributed by atoms with E-state index in [4.69, 9.17) is 0 Å². The summed E-state index contributed by atoms with van der Waals surface area (Å²) in [5.41, 5.74) is 0. The molecule has 64 valence electrons. The second-order valence-electron chi connectivity index (χ2n) is 3.31. The van der Waals surface area contributed by atoms with Crippen molar-refractivity contribution in [3.63, 3.8) is 0 Å². The van der Waals surface area contributed by atoms with E-state index in [0.29, 0.717) is 12.1 Å². The Morgan fingerprint density at radius 1 is 1.27 bits per heavy atom. The van der Waals surface area contributed by atoms with E-state index in [2.05, 4.69) is 24.1 Å². The Labute approximate surface area is 73.3 Å². The number of rotatable bonds is 0. The van der Waals surface area contributed by atoms with Gasteiger partial charge in [0.05, 0.1) is 6.10 Å². The van der Waals surface area contributed by atoms with Crippen LogP contribution in [0.15, 0.2) is 12.2 Å². The van der Waals surface area contributed by atoms with E-state index in [0.717, 1.165) is 12.8 Å². The van der Waals surface area contributed by atoms with Crippen molar-refractivity contribution in [2.75, 3.05) is 7.05 Å². The molecule has 2 aliphatic heterocycles. The molecule has 0 aromatic rings. The molecule has 0 amide bonds. The summed E-state index contributed by atoms with van der Waals surface area (Å²) < 4.78 is 0. The summed E-state index contributed by atoms with van der Waals surface area (Å²) in [4.78, 5) is 2.33. The van der Waals surface area contributed by atoms with Crippen LogP contribution in [0.2, 0.25) is 0 Å². The largest absolute Gasteiger partial charge is 0.393 e. The number of aliphatic hydroxyl groups excluding tert-OH is 1. The van der Waals surface area contributed by atoms with Gasteiger partial charge >= 0.3 is 0 Å². The Morgan fingerprint density at radius 2 is 1.73 bits per heavy atom. The molecular weight excluding hydrogens is 162 g/mol. The van der Waals surface area contributed by atoms with Gasteiger partial charge in [0, 0.05) is 12.1 Å². The van der Waals surface area contributed by atoms with Crippen molar-refractivity contribution < 1.29 is 5.11 Å². The summed E-state index contributed by atoms with van der Waals surface area (Å²) in [6.07, 6.45) is 6.19. The zero-order valence-corrected chi connectivity index (χ0v) is 7.42. The zero-order chi connectivity index (χ0) is 7.14. The van der Waals surface area contributed by atoms with Crippen molar-refractivity contribution in [1.29, 1.82) is 0 Å². The van der Waals surface area contributed by atoms with Crippen molar-refractivity contribution >= 4 is 12.4 Å². The van der Waals surface area contributed by atoms with E-state index in [9.17, 15) is 5.11 Å². The van der Waals surface area contributed by atoms with Gasteiger partial charge in [-0.25, -0.2) is 0 Å².